The van der Waals surface area contributed by atoms with E-state index in [9.17, 15) is 26.3 Å². The molecule has 9 heteroatoms. The van der Waals surface area contributed by atoms with Crippen LogP contribution in [0.2, 0.25) is 0 Å². The van der Waals surface area contributed by atoms with Gasteiger partial charge in [-0.05, 0) is 48.5 Å². The third kappa shape index (κ3) is 5.48. The Morgan fingerprint density at radius 1 is 0.480 bits per heavy atom. The van der Waals surface area contributed by atoms with Gasteiger partial charge in [-0.15, -0.1) is 0 Å². The molecule has 0 amide bonds. The Bertz CT molecular complexity index is 709. The van der Waals surface area contributed by atoms with E-state index in [0.29, 0.717) is 0 Å². The highest BCUT2D eigenvalue weighted by atomic mass is 19.3. The van der Waals surface area contributed by atoms with E-state index in [1.165, 1.54) is 48.5 Å². The molecule has 132 valence electrons. The zero-order valence-electron chi connectivity index (χ0n) is 12.1. The molecule has 0 radical (unpaired) electrons. The number of hydrogen-bond acceptors (Lipinski definition) is 3. The van der Waals surface area contributed by atoms with E-state index < -0.39 is 24.2 Å². The summed E-state index contributed by atoms with van der Waals surface area (Å²) in [6, 6.07) is 6.06. The molecule has 0 atom stereocenters. The van der Waals surface area contributed by atoms with E-state index in [2.05, 4.69) is 9.47 Å². The lowest BCUT2D eigenvalue weighted by Gasteiger charge is -2.08. The molecule has 0 saturated heterocycles. The first-order chi connectivity index (χ1) is 11.8. The van der Waals surface area contributed by atoms with Crippen LogP contribution in [-0.2, 0) is 0 Å². The maximum Gasteiger partial charge on any atom is 0.344 e. The smallest absolute Gasteiger partial charge is 0.344 e. The fourth-order valence-corrected chi connectivity index (χ4v) is 1.57. The summed E-state index contributed by atoms with van der Waals surface area (Å²) >= 11 is 0. The minimum absolute atomic E-state index is 0.170. The lowest BCUT2D eigenvalue weighted by atomic mass is 10.3. The Kier molecular flexibility index (Phi) is 5.93. The summed E-state index contributed by atoms with van der Waals surface area (Å²) in [5, 5.41) is 0. The van der Waals surface area contributed by atoms with Gasteiger partial charge < -0.3 is 14.2 Å². The summed E-state index contributed by atoms with van der Waals surface area (Å²) in [5.41, 5.74) is 0. The molecule has 2 rings (SSSR count). The van der Waals surface area contributed by atoms with Gasteiger partial charge in [0, 0.05) is 0 Å². The molecule has 0 unspecified atom stereocenters. The molecular weight excluding hydrogens is 354 g/mol. The molecule has 0 bridgehead atoms. The third-order valence-corrected chi connectivity index (χ3v) is 2.60. The molecule has 0 aliphatic carbocycles. The van der Waals surface area contributed by atoms with Crippen molar-refractivity contribution in [3.63, 3.8) is 0 Å². The fraction of sp³-hybridized carbons (Fsp3) is 0. The van der Waals surface area contributed by atoms with Crippen molar-refractivity contribution in [3.8, 4) is 23.0 Å². The topological polar surface area (TPSA) is 27.7 Å². The Hall–Kier alpha value is -3.10. The van der Waals surface area contributed by atoms with Crippen LogP contribution in [0.4, 0.5) is 26.3 Å². The van der Waals surface area contributed by atoms with Gasteiger partial charge in [-0.2, -0.15) is 26.3 Å². The van der Waals surface area contributed by atoms with Gasteiger partial charge in [0.25, 0.3) is 0 Å². The van der Waals surface area contributed by atoms with Crippen molar-refractivity contribution < 1.29 is 40.6 Å². The molecule has 2 aromatic rings. The minimum atomic E-state index is -2.58. The van der Waals surface area contributed by atoms with Crippen molar-refractivity contribution in [2.24, 2.45) is 0 Å². The second kappa shape index (κ2) is 8.13. The lowest BCUT2D eigenvalue weighted by Crippen LogP contribution is -1.92. The highest BCUT2D eigenvalue weighted by Crippen LogP contribution is 2.27. The molecule has 0 spiro atoms. The first-order valence-electron chi connectivity index (χ1n) is 6.50. The van der Waals surface area contributed by atoms with Crippen LogP contribution >= 0.6 is 0 Å². The van der Waals surface area contributed by atoms with Crippen LogP contribution < -0.4 is 14.2 Å². The van der Waals surface area contributed by atoms with Gasteiger partial charge in [0.15, 0.2) is 0 Å². The Balaban J connectivity index is 2.00. The molecule has 0 saturated carbocycles. The molecule has 0 N–H and O–H groups in total. The van der Waals surface area contributed by atoms with E-state index in [4.69, 9.17) is 4.74 Å². The van der Waals surface area contributed by atoms with E-state index in [0.717, 1.165) is 0 Å². The van der Waals surface area contributed by atoms with Gasteiger partial charge in [-0.3, -0.25) is 0 Å². The van der Waals surface area contributed by atoms with E-state index in [-0.39, 0.29) is 23.0 Å². The maximum absolute atomic E-state index is 12.6. The second-order valence-electron chi connectivity index (χ2n) is 4.32. The lowest BCUT2D eigenvalue weighted by molar-refractivity contribution is 0.241. The molecule has 25 heavy (non-hydrogen) atoms. The SMILES string of the molecule is FC(F)=C(F)Oc1ccc(Oc2ccc(OC(F)=C(F)F)cc2)cc1. The predicted octanol–water partition coefficient (Wildman–Crippen LogP) is 6.31. The minimum Gasteiger partial charge on any atom is -0.457 e. The number of hydrogen-bond donors (Lipinski definition) is 0. The van der Waals surface area contributed by atoms with Crippen LogP contribution in [-0.4, -0.2) is 0 Å². The monoisotopic (exact) mass is 362 g/mol. The first kappa shape index (κ1) is 18.2. The Labute approximate surface area is 137 Å². The summed E-state index contributed by atoms with van der Waals surface area (Å²) in [6.07, 6.45) is -5.16. The van der Waals surface area contributed by atoms with Crippen molar-refractivity contribution in [1.82, 2.24) is 0 Å². The standard InChI is InChI=1S/C16H8F6O3/c17-13(18)15(21)24-11-5-1-9(2-6-11)23-10-3-7-12(8-4-10)25-16(22)14(19)20/h1-8H. The van der Waals surface area contributed by atoms with Crippen LogP contribution in [0.1, 0.15) is 0 Å². The molecule has 2 aromatic carbocycles. The predicted molar refractivity (Wildman–Crippen MR) is 74.9 cm³/mol. The maximum atomic E-state index is 12.6. The van der Waals surface area contributed by atoms with E-state index >= 15 is 0 Å². The zero-order chi connectivity index (χ0) is 18.4. The summed E-state index contributed by atoms with van der Waals surface area (Å²) in [4.78, 5) is 0. The van der Waals surface area contributed by atoms with Crippen LogP contribution in [0.15, 0.2) is 72.7 Å². The van der Waals surface area contributed by atoms with Crippen molar-refractivity contribution in [3.05, 3.63) is 72.7 Å². The van der Waals surface area contributed by atoms with Gasteiger partial charge in [0.1, 0.15) is 23.0 Å². The van der Waals surface area contributed by atoms with Gasteiger partial charge in [-0.25, -0.2) is 0 Å². The Morgan fingerprint density at radius 2 is 0.760 bits per heavy atom. The van der Waals surface area contributed by atoms with Gasteiger partial charge in [0.05, 0.1) is 0 Å². The summed E-state index contributed by atoms with van der Waals surface area (Å²) in [6.45, 7) is 0. The second-order valence-corrected chi connectivity index (χ2v) is 4.32. The zero-order valence-corrected chi connectivity index (χ0v) is 12.1. The number of halogens is 6. The van der Waals surface area contributed by atoms with Crippen LogP contribution in [0.25, 0.3) is 0 Å². The molecule has 0 heterocycles. The molecule has 0 aromatic heterocycles. The van der Waals surface area contributed by atoms with Crippen LogP contribution in [0.5, 0.6) is 23.0 Å². The largest absolute Gasteiger partial charge is 0.457 e. The molecule has 0 aliphatic heterocycles. The van der Waals surface area contributed by atoms with Gasteiger partial charge in [0.2, 0.25) is 0 Å². The quantitative estimate of drug-likeness (QED) is 0.445. The average molecular weight is 362 g/mol. The highest BCUT2D eigenvalue weighted by Gasteiger charge is 2.09. The normalized spacial score (nSPS) is 10.0. The molecule has 0 fully saturated rings. The van der Waals surface area contributed by atoms with Crippen molar-refractivity contribution in [2.75, 3.05) is 0 Å². The number of benzene rings is 2. The molecule has 3 nitrogen and oxygen atoms in total. The first-order valence-corrected chi connectivity index (χ1v) is 6.50. The molecule has 0 aliphatic rings. The highest BCUT2D eigenvalue weighted by molar-refractivity contribution is 5.38. The van der Waals surface area contributed by atoms with E-state index in [1.807, 2.05) is 0 Å². The van der Waals surface area contributed by atoms with Crippen LogP contribution in [0.3, 0.4) is 0 Å². The fourth-order valence-electron chi connectivity index (χ4n) is 1.57. The van der Waals surface area contributed by atoms with Crippen molar-refractivity contribution >= 4 is 0 Å². The Morgan fingerprint density at radius 3 is 1.04 bits per heavy atom. The average Bonchev–Trinajstić information content (AvgIpc) is 2.58. The summed E-state index contributed by atoms with van der Waals surface area (Å²) in [7, 11) is 0. The molecular formula is C16H8F6O3. The van der Waals surface area contributed by atoms with E-state index in [1.54, 1.807) is 0 Å². The number of rotatable bonds is 6. The third-order valence-electron chi connectivity index (χ3n) is 2.60. The van der Waals surface area contributed by atoms with Crippen LogP contribution in [0, 0.1) is 0 Å². The summed E-state index contributed by atoms with van der Waals surface area (Å²) < 4.78 is 86.8. The number of ether oxygens (including phenoxy) is 3. The van der Waals surface area contributed by atoms with Gasteiger partial charge in [-0.1, -0.05) is 0 Å². The summed E-state index contributed by atoms with van der Waals surface area (Å²) in [5.74, 6) is 0.174. The van der Waals surface area contributed by atoms with Crippen molar-refractivity contribution in [2.45, 2.75) is 0 Å². The van der Waals surface area contributed by atoms with Gasteiger partial charge >= 0.3 is 24.2 Å². The van der Waals surface area contributed by atoms with Crippen molar-refractivity contribution in [1.29, 1.82) is 0 Å².